The van der Waals surface area contributed by atoms with E-state index in [2.05, 4.69) is 26.7 Å². The molecule has 0 spiro atoms. The van der Waals surface area contributed by atoms with Crippen LogP contribution in [0.1, 0.15) is 11.1 Å². The molecular weight excluding hydrogens is 294 g/mol. The first-order valence-corrected chi connectivity index (χ1v) is 7.36. The molecule has 0 atom stereocenters. The molecule has 1 aliphatic heterocycles. The summed E-state index contributed by atoms with van der Waals surface area (Å²) >= 11 is 0. The van der Waals surface area contributed by atoms with Gasteiger partial charge in [0.05, 0.1) is 18.5 Å². The molecule has 3 rings (SSSR count). The van der Waals surface area contributed by atoms with E-state index < -0.39 is 0 Å². The highest BCUT2D eigenvalue weighted by Crippen LogP contribution is 2.32. The van der Waals surface area contributed by atoms with Crippen molar-refractivity contribution in [1.29, 1.82) is 0 Å². The summed E-state index contributed by atoms with van der Waals surface area (Å²) in [6.07, 6.45) is 3.19. The van der Waals surface area contributed by atoms with Crippen LogP contribution in [0.3, 0.4) is 0 Å². The number of rotatable bonds is 5. The van der Waals surface area contributed by atoms with E-state index in [0.717, 1.165) is 35.7 Å². The molecule has 0 aliphatic carbocycles. The standard InChI is InChI=1S/C16H19N5O2/c1-10-6-14-11(4-5-23-14)7-12(10)19-16-17-8-13(21(2)3)15(20-16)18-9-22/h6-9H,4-5H2,1-3H3,(H2,17,18,19,20,22). The van der Waals surface area contributed by atoms with E-state index in [-0.39, 0.29) is 0 Å². The smallest absolute Gasteiger partial charge is 0.229 e. The number of fused-ring (bicyclic) bond motifs is 1. The van der Waals surface area contributed by atoms with Gasteiger partial charge in [-0.3, -0.25) is 4.79 Å². The van der Waals surface area contributed by atoms with Crippen molar-refractivity contribution in [1.82, 2.24) is 9.97 Å². The average molecular weight is 313 g/mol. The number of carbonyl (C=O) groups excluding carboxylic acids is 1. The maximum absolute atomic E-state index is 10.8. The maximum atomic E-state index is 10.8. The molecule has 23 heavy (non-hydrogen) atoms. The van der Waals surface area contributed by atoms with Gasteiger partial charge in [-0.2, -0.15) is 4.98 Å². The lowest BCUT2D eigenvalue weighted by Crippen LogP contribution is -2.14. The van der Waals surface area contributed by atoms with Crippen LogP contribution >= 0.6 is 0 Å². The average Bonchev–Trinajstić information content (AvgIpc) is 2.95. The predicted molar refractivity (Wildman–Crippen MR) is 89.7 cm³/mol. The number of hydrogen-bond donors (Lipinski definition) is 2. The van der Waals surface area contributed by atoms with Crippen molar-refractivity contribution in [3.63, 3.8) is 0 Å². The van der Waals surface area contributed by atoms with Crippen molar-refractivity contribution in [2.45, 2.75) is 13.3 Å². The summed E-state index contributed by atoms with van der Waals surface area (Å²) in [6, 6.07) is 4.08. The SMILES string of the molecule is Cc1cc2c(cc1Nc1ncc(N(C)C)c(NC=O)n1)CCO2. The Balaban J connectivity index is 1.91. The number of nitrogens with one attached hydrogen (secondary N) is 2. The van der Waals surface area contributed by atoms with Crippen molar-refractivity contribution in [3.8, 4) is 5.75 Å². The summed E-state index contributed by atoms with van der Waals surface area (Å²) in [7, 11) is 3.73. The van der Waals surface area contributed by atoms with Gasteiger partial charge >= 0.3 is 0 Å². The van der Waals surface area contributed by atoms with Crippen molar-refractivity contribution in [2.24, 2.45) is 0 Å². The zero-order valence-corrected chi connectivity index (χ0v) is 13.4. The molecule has 0 saturated heterocycles. The number of ether oxygens (including phenoxy) is 1. The van der Waals surface area contributed by atoms with Gasteiger partial charge in [0.25, 0.3) is 0 Å². The Kier molecular flexibility index (Phi) is 4.01. The van der Waals surface area contributed by atoms with E-state index in [0.29, 0.717) is 18.2 Å². The van der Waals surface area contributed by atoms with Crippen molar-refractivity contribution in [2.75, 3.05) is 36.2 Å². The van der Waals surface area contributed by atoms with E-state index in [4.69, 9.17) is 4.74 Å². The number of aromatic nitrogens is 2. The Bertz CT molecular complexity index is 745. The number of carbonyl (C=O) groups is 1. The molecule has 2 aromatic rings. The monoisotopic (exact) mass is 313 g/mol. The Labute approximate surface area is 134 Å². The Morgan fingerprint density at radius 2 is 2.17 bits per heavy atom. The van der Waals surface area contributed by atoms with Gasteiger partial charge in [-0.05, 0) is 30.2 Å². The first-order valence-electron chi connectivity index (χ1n) is 7.36. The molecule has 7 nitrogen and oxygen atoms in total. The molecule has 7 heteroatoms. The number of hydrogen-bond acceptors (Lipinski definition) is 6. The Morgan fingerprint density at radius 1 is 1.35 bits per heavy atom. The molecular formula is C16H19N5O2. The highest BCUT2D eigenvalue weighted by molar-refractivity contribution is 5.79. The summed E-state index contributed by atoms with van der Waals surface area (Å²) in [5, 5.41) is 5.82. The fraction of sp³-hybridized carbons (Fsp3) is 0.312. The van der Waals surface area contributed by atoms with Crippen molar-refractivity contribution < 1.29 is 9.53 Å². The molecule has 1 aromatic heterocycles. The van der Waals surface area contributed by atoms with Crippen molar-refractivity contribution in [3.05, 3.63) is 29.5 Å². The zero-order chi connectivity index (χ0) is 16.4. The lowest BCUT2D eigenvalue weighted by Gasteiger charge is -2.17. The van der Waals surface area contributed by atoms with Gasteiger partial charge in [0.15, 0.2) is 5.82 Å². The number of aryl methyl sites for hydroxylation is 1. The predicted octanol–water partition coefficient (Wildman–Crippen LogP) is 2.10. The van der Waals surface area contributed by atoms with Crippen LogP contribution in [0, 0.1) is 6.92 Å². The first kappa shape index (κ1) is 15.1. The second-order valence-electron chi connectivity index (χ2n) is 5.58. The topological polar surface area (TPSA) is 79.4 Å². The third-order valence-electron chi connectivity index (χ3n) is 3.73. The molecule has 120 valence electrons. The fourth-order valence-electron chi connectivity index (χ4n) is 2.51. The van der Waals surface area contributed by atoms with Crippen LogP contribution in [-0.2, 0) is 11.2 Å². The summed E-state index contributed by atoms with van der Waals surface area (Å²) in [5.74, 6) is 1.84. The van der Waals surface area contributed by atoms with Crippen LogP contribution in [0.25, 0.3) is 0 Å². The molecule has 0 unspecified atom stereocenters. The Morgan fingerprint density at radius 3 is 2.91 bits per heavy atom. The molecule has 1 amide bonds. The molecule has 1 aromatic carbocycles. The van der Waals surface area contributed by atoms with Crippen LogP contribution in [0.4, 0.5) is 23.1 Å². The molecule has 1 aliphatic rings. The van der Waals surface area contributed by atoms with E-state index >= 15 is 0 Å². The van der Waals surface area contributed by atoms with Crippen LogP contribution in [0.2, 0.25) is 0 Å². The number of benzene rings is 1. The number of nitrogens with zero attached hydrogens (tertiary/aromatic N) is 3. The second kappa shape index (κ2) is 6.12. The third kappa shape index (κ3) is 3.03. The Hall–Kier alpha value is -2.83. The molecule has 0 bridgehead atoms. The number of anilines is 4. The quantitative estimate of drug-likeness (QED) is 0.823. The molecule has 0 fully saturated rings. The van der Waals surface area contributed by atoms with Gasteiger partial charge in [-0.25, -0.2) is 4.98 Å². The number of amides is 1. The zero-order valence-electron chi connectivity index (χ0n) is 13.4. The van der Waals surface area contributed by atoms with Gasteiger partial charge in [-0.1, -0.05) is 0 Å². The van der Waals surface area contributed by atoms with Gasteiger partial charge in [0.2, 0.25) is 12.4 Å². The van der Waals surface area contributed by atoms with E-state index in [1.54, 1.807) is 6.20 Å². The van der Waals surface area contributed by atoms with Crippen LogP contribution in [0.5, 0.6) is 5.75 Å². The molecule has 0 saturated carbocycles. The largest absolute Gasteiger partial charge is 0.493 e. The maximum Gasteiger partial charge on any atom is 0.229 e. The minimum absolute atomic E-state index is 0.432. The summed E-state index contributed by atoms with van der Waals surface area (Å²) in [4.78, 5) is 21.3. The lowest BCUT2D eigenvalue weighted by molar-refractivity contribution is -0.105. The minimum Gasteiger partial charge on any atom is -0.493 e. The van der Waals surface area contributed by atoms with Crippen LogP contribution in [-0.4, -0.2) is 37.1 Å². The van der Waals surface area contributed by atoms with E-state index in [1.165, 1.54) is 5.56 Å². The highest BCUT2D eigenvalue weighted by atomic mass is 16.5. The second-order valence-corrected chi connectivity index (χ2v) is 5.58. The summed E-state index contributed by atoms with van der Waals surface area (Å²) < 4.78 is 5.56. The van der Waals surface area contributed by atoms with Crippen molar-refractivity contribution >= 4 is 29.6 Å². The highest BCUT2D eigenvalue weighted by Gasteiger charge is 2.15. The van der Waals surface area contributed by atoms with E-state index in [9.17, 15) is 4.79 Å². The van der Waals surface area contributed by atoms with E-state index in [1.807, 2.05) is 32.0 Å². The first-order chi connectivity index (χ1) is 11.1. The fourth-order valence-corrected chi connectivity index (χ4v) is 2.51. The van der Waals surface area contributed by atoms with Gasteiger partial charge < -0.3 is 20.3 Å². The molecule has 0 radical (unpaired) electrons. The van der Waals surface area contributed by atoms with Crippen LogP contribution in [0.15, 0.2) is 18.3 Å². The normalized spacial score (nSPS) is 12.3. The molecule has 2 N–H and O–H groups in total. The minimum atomic E-state index is 0.432. The summed E-state index contributed by atoms with van der Waals surface area (Å²) in [6.45, 7) is 2.72. The van der Waals surface area contributed by atoms with Gasteiger partial charge in [-0.15, -0.1) is 0 Å². The van der Waals surface area contributed by atoms with Crippen LogP contribution < -0.4 is 20.3 Å². The lowest BCUT2D eigenvalue weighted by atomic mass is 10.1. The summed E-state index contributed by atoms with van der Waals surface area (Å²) in [5.41, 5.74) is 3.90. The van der Waals surface area contributed by atoms with Gasteiger partial charge in [0.1, 0.15) is 5.75 Å². The van der Waals surface area contributed by atoms with Gasteiger partial charge in [0, 0.05) is 26.2 Å². The molecule has 2 heterocycles. The third-order valence-corrected chi connectivity index (χ3v) is 3.73.